The first-order valence-corrected chi connectivity index (χ1v) is 13.1. The second-order valence-corrected chi connectivity index (χ2v) is 10.2. The lowest BCUT2D eigenvalue weighted by atomic mass is 10.1. The predicted octanol–water partition coefficient (Wildman–Crippen LogP) is 4.16. The molecule has 0 bridgehead atoms. The van der Waals surface area contributed by atoms with E-state index in [1.54, 1.807) is 18.2 Å². The van der Waals surface area contributed by atoms with Crippen LogP contribution in [0.2, 0.25) is 0 Å². The van der Waals surface area contributed by atoms with E-state index in [4.69, 9.17) is 9.47 Å². The summed E-state index contributed by atoms with van der Waals surface area (Å²) in [4.78, 5) is 16.4. The molecule has 0 unspecified atom stereocenters. The van der Waals surface area contributed by atoms with Gasteiger partial charge in [-0.3, -0.25) is 10.1 Å². The Hall–Kier alpha value is -3.75. The lowest BCUT2D eigenvalue weighted by Gasteiger charge is -2.14. The Morgan fingerprint density at radius 3 is 2.63 bits per heavy atom. The number of aryl methyl sites for hydroxylation is 1. The normalized spacial score (nSPS) is 11.5. The minimum Gasteiger partial charge on any atom is -0.490 e. The number of hydrogen-bond acceptors (Lipinski definition) is 9. The standard InChI is InChI=1S/C24H24N4O5S2/c1-4-32-21-13-17(10-11-20(21)33-15-18-9-7-6-8-16(18)3)12-19(14-25)22(29)26-23-27-24(28-34-23)35(30,31)5-2/h6-13H,4-5,15H2,1-3H3,(H,26,27,28,29)/b19-12-. The van der Waals surface area contributed by atoms with Crippen molar-refractivity contribution >= 4 is 38.5 Å². The number of sulfone groups is 1. The maximum absolute atomic E-state index is 12.6. The van der Waals surface area contributed by atoms with Gasteiger partial charge in [-0.2, -0.15) is 14.6 Å². The molecule has 0 aliphatic heterocycles. The zero-order valence-corrected chi connectivity index (χ0v) is 21.1. The van der Waals surface area contributed by atoms with Gasteiger partial charge in [-0.1, -0.05) is 37.3 Å². The van der Waals surface area contributed by atoms with Crippen molar-refractivity contribution < 1.29 is 22.7 Å². The highest BCUT2D eigenvalue weighted by molar-refractivity contribution is 7.91. The number of rotatable bonds is 10. The van der Waals surface area contributed by atoms with Crippen LogP contribution in [0.4, 0.5) is 5.13 Å². The zero-order valence-electron chi connectivity index (χ0n) is 19.4. The van der Waals surface area contributed by atoms with Gasteiger partial charge in [-0.15, -0.1) is 0 Å². The van der Waals surface area contributed by atoms with Crippen LogP contribution < -0.4 is 14.8 Å². The van der Waals surface area contributed by atoms with Crippen LogP contribution >= 0.6 is 11.5 Å². The van der Waals surface area contributed by atoms with Gasteiger partial charge in [0.15, 0.2) is 11.5 Å². The fourth-order valence-corrected chi connectivity index (χ4v) is 4.51. The number of aromatic nitrogens is 2. The number of hydrogen-bond donors (Lipinski definition) is 1. The third kappa shape index (κ3) is 6.65. The third-order valence-corrected chi connectivity index (χ3v) is 7.12. The fourth-order valence-electron chi connectivity index (χ4n) is 2.93. The summed E-state index contributed by atoms with van der Waals surface area (Å²) >= 11 is 0.724. The summed E-state index contributed by atoms with van der Waals surface area (Å²) < 4.78 is 39.2. The Bertz CT molecular complexity index is 1390. The van der Waals surface area contributed by atoms with Crippen molar-refractivity contribution in [3.63, 3.8) is 0 Å². The predicted molar refractivity (Wildman–Crippen MR) is 133 cm³/mol. The molecule has 35 heavy (non-hydrogen) atoms. The van der Waals surface area contributed by atoms with Crippen LogP contribution in [0.25, 0.3) is 6.08 Å². The molecule has 1 N–H and O–H groups in total. The number of ether oxygens (including phenoxy) is 2. The highest BCUT2D eigenvalue weighted by atomic mass is 32.2. The SMILES string of the molecule is CCOc1cc(/C=C(/C#N)C(=O)Nc2nc(S(=O)(=O)CC)ns2)ccc1OCc1ccccc1C. The number of nitrogens with one attached hydrogen (secondary N) is 1. The summed E-state index contributed by atoms with van der Waals surface area (Å²) in [6.07, 6.45) is 1.40. The molecule has 1 aromatic heterocycles. The molecule has 0 spiro atoms. The van der Waals surface area contributed by atoms with E-state index in [2.05, 4.69) is 14.7 Å². The molecule has 0 saturated heterocycles. The number of nitriles is 1. The van der Waals surface area contributed by atoms with Crippen LogP contribution in [0, 0.1) is 18.3 Å². The summed E-state index contributed by atoms with van der Waals surface area (Å²) in [5, 5.41) is 11.6. The van der Waals surface area contributed by atoms with E-state index in [0.29, 0.717) is 30.3 Å². The average molecular weight is 513 g/mol. The van der Waals surface area contributed by atoms with E-state index >= 15 is 0 Å². The molecule has 0 aliphatic carbocycles. The lowest BCUT2D eigenvalue weighted by molar-refractivity contribution is -0.112. The van der Waals surface area contributed by atoms with Crippen molar-refractivity contribution in [2.45, 2.75) is 32.5 Å². The Morgan fingerprint density at radius 2 is 1.94 bits per heavy atom. The van der Waals surface area contributed by atoms with Crippen LogP contribution in [0.5, 0.6) is 11.5 Å². The molecule has 1 heterocycles. The number of anilines is 1. The van der Waals surface area contributed by atoms with Gasteiger partial charge in [0.1, 0.15) is 18.2 Å². The van der Waals surface area contributed by atoms with Gasteiger partial charge < -0.3 is 9.47 Å². The van der Waals surface area contributed by atoms with Crippen LogP contribution in [0.15, 0.2) is 53.2 Å². The second kappa shape index (κ2) is 11.6. The molecule has 1 amide bonds. The molecule has 0 saturated carbocycles. The van der Waals surface area contributed by atoms with Gasteiger partial charge in [0.05, 0.1) is 12.4 Å². The van der Waals surface area contributed by atoms with E-state index in [1.165, 1.54) is 13.0 Å². The molecule has 0 atom stereocenters. The first-order valence-electron chi connectivity index (χ1n) is 10.7. The molecule has 2 aromatic carbocycles. The van der Waals surface area contributed by atoms with Gasteiger partial charge in [0, 0.05) is 11.5 Å². The largest absolute Gasteiger partial charge is 0.490 e. The van der Waals surface area contributed by atoms with E-state index in [9.17, 15) is 18.5 Å². The van der Waals surface area contributed by atoms with Gasteiger partial charge >= 0.3 is 0 Å². The molecule has 11 heteroatoms. The molecule has 0 fully saturated rings. The van der Waals surface area contributed by atoms with Crippen molar-refractivity contribution in [1.29, 1.82) is 5.26 Å². The van der Waals surface area contributed by atoms with Gasteiger partial charge in [0.2, 0.25) is 15.0 Å². The third-order valence-electron chi connectivity index (χ3n) is 4.87. The average Bonchev–Trinajstić information content (AvgIpc) is 3.32. The van der Waals surface area contributed by atoms with Crippen LogP contribution in [-0.2, 0) is 21.2 Å². The van der Waals surface area contributed by atoms with Crippen molar-refractivity contribution in [2.75, 3.05) is 17.7 Å². The van der Waals surface area contributed by atoms with Crippen LogP contribution in [-0.4, -0.2) is 36.0 Å². The first kappa shape index (κ1) is 25.9. The minimum absolute atomic E-state index is 0.0156. The number of nitrogens with zero attached hydrogens (tertiary/aromatic N) is 3. The Balaban J connectivity index is 1.78. The molecule has 0 radical (unpaired) electrons. The highest BCUT2D eigenvalue weighted by Gasteiger charge is 2.20. The minimum atomic E-state index is -3.60. The van der Waals surface area contributed by atoms with Gasteiger partial charge in [0.25, 0.3) is 11.1 Å². The molecule has 3 rings (SSSR count). The van der Waals surface area contributed by atoms with E-state index in [1.807, 2.05) is 44.2 Å². The number of amides is 1. The molecule has 182 valence electrons. The monoisotopic (exact) mass is 512 g/mol. The Morgan fingerprint density at radius 1 is 1.17 bits per heavy atom. The van der Waals surface area contributed by atoms with E-state index < -0.39 is 15.7 Å². The van der Waals surface area contributed by atoms with Gasteiger partial charge in [-0.25, -0.2) is 8.42 Å². The zero-order chi connectivity index (χ0) is 25.4. The fraction of sp³-hybridized carbons (Fsp3) is 0.250. The number of carbonyl (C=O) groups is 1. The molecule has 0 aliphatic rings. The Labute approximate surface area is 208 Å². The summed E-state index contributed by atoms with van der Waals surface area (Å²) in [6, 6.07) is 14.9. The molecular formula is C24H24N4O5S2. The van der Waals surface area contributed by atoms with Crippen molar-refractivity contribution in [2.24, 2.45) is 0 Å². The van der Waals surface area contributed by atoms with Crippen LogP contribution in [0.3, 0.4) is 0 Å². The number of carbonyl (C=O) groups excluding carboxylic acids is 1. The van der Waals surface area contributed by atoms with Crippen LogP contribution in [0.1, 0.15) is 30.5 Å². The van der Waals surface area contributed by atoms with Crippen molar-refractivity contribution in [3.8, 4) is 17.6 Å². The van der Waals surface area contributed by atoms with Crippen molar-refractivity contribution in [3.05, 3.63) is 64.7 Å². The molecule has 3 aromatic rings. The Kier molecular flexibility index (Phi) is 8.57. The van der Waals surface area contributed by atoms with Crippen molar-refractivity contribution in [1.82, 2.24) is 9.36 Å². The lowest BCUT2D eigenvalue weighted by Crippen LogP contribution is -2.13. The highest BCUT2D eigenvalue weighted by Crippen LogP contribution is 2.30. The summed E-state index contributed by atoms with van der Waals surface area (Å²) in [5.41, 5.74) is 2.52. The molecular weight excluding hydrogens is 488 g/mol. The van der Waals surface area contributed by atoms with Gasteiger partial charge in [-0.05, 0) is 48.7 Å². The topological polar surface area (TPSA) is 131 Å². The second-order valence-electron chi connectivity index (χ2n) is 7.26. The maximum Gasteiger partial charge on any atom is 0.268 e. The quantitative estimate of drug-likeness (QED) is 0.316. The number of benzene rings is 2. The first-order chi connectivity index (χ1) is 16.8. The van der Waals surface area contributed by atoms with E-state index in [-0.39, 0.29) is 21.6 Å². The summed E-state index contributed by atoms with van der Waals surface area (Å²) in [7, 11) is -3.60. The smallest absolute Gasteiger partial charge is 0.268 e. The molecule has 9 nitrogen and oxygen atoms in total. The summed E-state index contributed by atoms with van der Waals surface area (Å²) in [6.45, 7) is 6.10. The van der Waals surface area contributed by atoms with E-state index in [0.717, 1.165) is 22.7 Å². The summed E-state index contributed by atoms with van der Waals surface area (Å²) in [5.74, 6) is 0.120. The maximum atomic E-state index is 12.6.